The summed E-state index contributed by atoms with van der Waals surface area (Å²) in [6, 6.07) is 10.7. The summed E-state index contributed by atoms with van der Waals surface area (Å²) in [4.78, 5) is 31.9. The van der Waals surface area contributed by atoms with Gasteiger partial charge in [0.2, 0.25) is 11.9 Å². The lowest BCUT2D eigenvalue weighted by atomic mass is 10.2. The Labute approximate surface area is 129 Å². The third-order valence-corrected chi connectivity index (χ3v) is 2.91. The summed E-state index contributed by atoms with van der Waals surface area (Å²) in [5, 5.41) is 5.32. The second kappa shape index (κ2) is 7.31. The smallest absolute Gasteiger partial charge is 0.251 e. The maximum Gasteiger partial charge on any atom is 0.251 e. The first-order valence-corrected chi connectivity index (χ1v) is 7.00. The van der Waals surface area contributed by atoms with Crippen molar-refractivity contribution in [2.45, 2.75) is 20.3 Å². The average Bonchev–Trinajstić information content (AvgIpc) is 2.47. The first kappa shape index (κ1) is 15.6. The van der Waals surface area contributed by atoms with Crippen molar-refractivity contribution < 1.29 is 9.59 Å². The molecule has 0 bridgehead atoms. The predicted molar refractivity (Wildman–Crippen MR) is 83.5 cm³/mol. The molecule has 114 valence electrons. The second-order valence-electron chi connectivity index (χ2n) is 4.89. The zero-order valence-corrected chi connectivity index (χ0v) is 12.6. The minimum Gasteiger partial charge on any atom is -0.352 e. The maximum atomic E-state index is 11.8. The minimum absolute atomic E-state index is 0.162. The van der Waals surface area contributed by atoms with Gasteiger partial charge in [0.1, 0.15) is 0 Å². The van der Waals surface area contributed by atoms with E-state index in [1.165, 1.54) is 0 Å². The van der Waals surface area contributed by atoms with Crippen LogP contribution in [-0.4, -0.2) is 28.3 Å². The Morgan fingerprint density at radius 2 is 1.68 bits per heavy atom. The van der Waals surface area contributed by atoms with Crippen molar-refractivity contribution in [1.29, 1.82) is 0 Å². The molecule has 0 spiro atoms. The highest BCUT2D eigenvalue weighted by atomic mass is 16.2. The van der Waals surface area contributed by atoms with E-state index in [1.54, 1.807) is 24.3 Å². The van der Waals surface area contributed by atoms with Crippen LogP contribution in [0.25, 0.3) is 0 Å². The number of benzene rings is 1. The fraction of sp³-hybridized carbons (Fsp3) is 0.250. The van der Waals surface area contributed by atoms with Crippen LogP contribution in [0.5, 0.6) is 0 Å². The molecule has 0 atom stereocenters. The molecule has 0 aliphatic carbocycles. The van der Waals surface area contributed by atoms with Gasteiger partial charge in [-0.25, -0.2) is 9.97 Å². The number of aryl methyl sites for hydroxylation is 2. The van der Waals surface area contributed by atoms with Gasteiger partial charge in [-0.1, -0.05) is 18.2 Å². The molecule has 2 rings (SSSR count). The van der Waals surface area contributed by atoms with Gasteiger partial charge in [-0.2, -0.15) is 0 Å². The molecule has 0 aliphatic rings. The topological polar surface area (TPSA) is 84.0 Å². The number of rotatable bonds is 5. The Morgan fingerprint density at radius 1 is 1.05 bits per heavy atom. The molecule has 1 aromatic heterocycles. The Balaban J connectivity index is 1.79. The molecule has 1 heterocycles. The van der Waals surface area contributed by atoms with Crippen molar-refractivity contribution in [2.24, 2.45) is 0 Å². The second-order valence-corrected chi connectivity index (χ2v) is 4.89. The quantitative estimate of drug-likeness (QED) is 0.882. The van der Waals surface area contributed by atoms with E-state index in [0.29, 0.717) is 5.56 Å². The maximum absolute atomic E-state index is 11.8. The Morgan fingerprint density at radius 3 is 2.32 bits per heavy atom. The number of carbonyl (C=O) groups excluding carboxylic acids is 2. The lowest BCUT2D eigenvalue weighted by Crippen LogP contribution is -2.27. The predicted octanol–water partition coefficient (Wildman–Crippen LogP) is 1.85. The van der Waals surface area contributed by atoms with E-state index in [2.05, 4.69) is 20.6 Å². The highest BCUT2D eigenvalue weighted by molar-refractivity contribution is 5.94. The number of hydrogen-bond donors (Lipinski definition) is 2. The molecule has 2 amide bonds. The van der Waals surface area contributed by atoms with Gasteiger partial charge in [-0.15, -0.1) is 0 Å². The van der Waals surface area contributed by atoms with E-state index >= 15 is 0 Å². The van der Waals surface area contributed by atoms with Crippen LogP contribution in [0.1, 0.15) is 28.2 Å². The van der Waals surface area contributed by atoms with Crippen LogP contribution in [-0.2, 0) is 4.79 Å². The molecule has 0 radical (unpaired) electrons. The summed E-state index contributed by atoms with van der Waals surface area (Å²) in [6.07, 6.45) is 0.162. The summed E-state index contributed by atoms with van der Waals surface area (Å²) in [5.41, 5.74) is 2.15. The average molecular weight is 298 g/mol. The molecule has 6 nitrogen and oxygen atoms in total. The molecule has 1 aromatic carbocycles. The first-order chi connectivity index (χ1) is 10.5. The van der Waals surface area contributed by atoms with Crippen LogP contribution in [0.4, 0.5) is 5.95 Å². The van der Waals surface area contributed by atoms with Crippen molar-refractivity contribution in [3.05, 3.63) is 53.3 Å². The molecule has 0 saturated heterocycles. The number of amides is 2. The van der Waals surface area contributed by atoms with Crippen molar-refractivity contribution in [2.75, 3.05) is 11.9 Å². The number of hydrogen-bond acceptors (Lipinski definition) is 4. The molecule has 6 heteroatoms. The van der Waals surface area contributed by atoms with E-state index in [-0.39, 0.29) is 30.7 Å². The van der Waals surface area contributed by atoms with Gasteiger partial charge in [-0.05, 0) is 32.0 Å². The van der Waals surface area contributed by atoms with Crippen LogP contribution < -0.4 is 10.6 Å². The summed E-state index contributed by atoms with van der Waals surface area (Å²) >= 11 is 0. The lowest BCUT2D eigenvalue weighted by Gasteiger charge is -2.07. The number of carbonyl (C=O) groups is 2. The summed E-state index contributed by atoms with van der Waals surface area (Å²) in [6.45, 7) is 3.93. The van der Waals surface area contributed by atoms with Crippen molar-refractivity contribution in [3.63, 3.8) is 0 Å². The fourth-order valence-corrected chi connectivity index (χ4v) is 1.95. The summed E-state index contributed by atoms with van der Waals surface area (Å²) in [7, 11) is 0. The summed E-state index contributed by atoms with van der Waals surface area (Å²) in [5.74, 6) is -0.147. The SMILES string of the molecule is Cc1cc(C)nc(NC(=O)CCNC(=O)c2ccccc2)n1. The normalized spacial score (nSPS) is 10.1. The molecule has 22 heavy (non-hydrogen) atoms. The Bertz CT molecular complexity index is 651. The first-order valence-electron chi connectivity index (χ1n) is 7.00. The largest absolute Gasteiger partial charge is 0.352 e. The van der Waals surface area contributed by atoms with E-state index in [0.717, 1.165) is 11.4 Å². The third-order valence-electron chi connectivity index (χ3n) is 2.91. The molecule has 2 N–H and O–H groups in total. The fourth-order valence-electron chi connectivity index (χ4n) is 1.95. The molecule has 0 saturated carbocycles. The van der Waals surface area contributed by atoms with Crippen molar-refractivity contribution in [1.82, 2.24) is 15.3 Å². The highest BCUT2D eigenvalue weighted by Gasteiger charge is 2.08. The van der Waals surface area contributed by atoms with E-state index in [9.17, 15) is 9.59 Å². The van der Waals surface area contributed by atoms with Gasteiger partial charge in [0, 0.05) is 29.9 Å². The third kappa shape index (κ3) is 4.66. The van der Waals surface area contributed by atoms with E-state index in [1.807, 2.05) is 26.0 Å². The minimum atomic E-state index is -0.238. The van der Waals surface area contributed by atoms with Gasteiger partial charge in [0.05, 0.1) is 0 Å². The van der Waals surface area contributed by atoms with Crippen LogP contribution in [0.2, 0.25) is 0 Å². The zero-order valence-electron chi connectivity index (χ0n) is 12.6. The highest BCUT2D eigenvalue weighted by Crippen LogP contribution is 2.04. The van der Waals surface area contributed by atoms with Crippen LogP contribution in [0.3, 0.4) is 0 Å². The van der Waals surface area contributed by atoms with Crippen LogP contribution in [0.15, 0.2) is 36.4 Å². The van der Waals surface area contributed by atoms with Gasteiger partial charge >= 0.3 is 0 Å². The number of anilines is 1. The Hall–Kier alpha value is -2.76. The van der Waals surface area contributed by atoms with E-state index < -0.39 is 0 Å². The monoisotopic (exact) mass is 298 g/mol. The van der Waals surface area contributed by atoms with Gasteiger partial charge in [0.15, 0.2) is 0 Å². The standard InChI is InChI=1S/C16H18N4O2/c1-11-10-12(2)19-16(18-11)20-14(21)8-9-17-15(22)13-6-4-3-5-7-13/h3-7,10H,8-9H2,1-2H3,(H,17,22)(H,18,19,20,21). The summed E-state index contributed by atoms with van der Waals surface area (Å²) < 4.78 is 0. The molecular formula is C16H18N4O2. The molecular weight excluding hydrogens is 280 g/mol. The van der Waals surface area contributed by atoms with Crippen LogP contribution in [0, 0.1) is 13.8 Å². The number of nitrogens with one attached hydrogen (secondary N) is 2. The van der Waals surface area contributed by atoms with Gasteiger partial charge < -0.3 is 5.32 Å². The molecule has 0 aliphatic heterocycles. The van der Waals surface area contributed by atoms with Gasteiger partial charge in [0.25, 0.3) is 5.91 Å². The molecule has 0 fully saturated rings. The molecule has 2 aromatic rings. The van der Waals surface area contributed by atoms with Crippen molar-refractivity contribution >= 4 is 17.8 Å². The Kier molecular flexibility index (Phi) is 5.19. The number of aromatic nitrogens is 2. The van der Waals surface area contributed by atoms with Crippen molar-refractivity contribution in [3.8, 4) is 0 Å². The number of nitrogens with zero attached hydrogens (tertiary/aromatic N) is 2. The zero-order chi connectivity index (χ0) is 15.9. The van der Waals surface area contributed by atoms with E-state index in [4.69, 9.17) is 0 Å². The lowest BCUT2D eigenvalue weighted by molar-refractivity contribution is -0.116. The van der Waals surface area contributed by atoms with Crippen LogP contribution >= 0.6 is 0 Å². The molecule has 0 unspecified atom stereocenters. The van der Waals surface area contributed by atoms with Gasteiger partial charge in [-0.3, -0.25) is 14.9 Å².